The van der Waals surface area contributed by atoms with Crippen LogP contribution in [0.2, 0.25) is 0 Å². The zero-order valence-electron chi connectivity index (χ0n) is 19.2. The van der Waals surface area contributed by atoms with Crippen LogP contribution in [0, 0.1) is 5.41 Å². The van der Waals surface area contributed by atoms with Crippen LogP contribution >= 0.6 is 24.0 Å². The van der Waals surface area contributed by atoms with Crippen LogP contribution in [-0.2, 0) is 17.5 Å². The van der Waals surface area contributed by atoms with E-state index in [9.17, 15) is 18.0 Å². The largest absolute Gasteiger partial charge is 0.416 e. The number of carbonyl (C=O) groups excluding carboxylic acids is 1. The molecule has 1 amide bonds. The van der Waals surface area contributed by atoms with Crippen molar-refractivity contribution in [3.63, 3.8) is 0 Å². The van der Waals surface area contributed by atoms with Crippen molar-refractivity contribution >= 4 is 35.8 Å². The van der Waals surface area contributed by atoms with E-state index < -0.39 is 17.2 Å². The highest BCUT2D eigenvalue weighted by Crippen LogP contribution is 2.29. The fourth-order valence-corrected chi connectivity index (χ4v) is 3.41. The molecule has 182 valence electrons. The molecule has 0 saturated carbocycles. The molecule has 1 saturated heterocycles. The standard InChI is InChI=1S/C22H34F3N5O.HI/c1-5-26-19(31)21(3,4)15-28-20(27-6-2)29-18-11-12-30(14-18)13-16-7-9-17(10-8-16)22(23,24)25;/h7-10,18H,5-6,11-15H2,1-4H3,(H,26,31)(H2,27,28,29);1H. The molecule has 1 unspecified atom stereocenters. The molecule has 1 fully saturated rings. The molecule has 0 aliphatic carbocycles. The van der Waals surface area contributed by atoms with Crippen molar-refractivity contribution in [1.82, 2.24) is 20.9 Å². The lowest BCUT2D eigenvalue weighted by Crippen LogP contribution is -2.46. The van der Waals surface area contributed by atoms with Gasteiger partial charge in [0, 0.05) is 38.8 Å². The second-order valence-electron chi connectivity index (χ2n) is 8.50. The summed E-state index contributed by atoms with van der Waals surface area (Å²) in [6, 6.07) is 5.53. The molecule has 0 spiro atoms. The highest BCUT2D eigenvalue weighted by molar-refractivity contribution is 14.0. The Labute approximate surface area is 205 Å². The van der Waals surface area contributed by atoms with E-state index in [0.717, 1.165) is 37.2 Å². The van der Waals surface area contributed by atoms with Crippen LogP contribution in [0.25, 0.3) is 0 Å². The van der Waals surface area contributed by atoms with Gasteiger partial charge in [-0.25, -0.2) is 0 Å². The molecule has 1 aliphatic rings. The van der Waals surface area contributed by atoms with Crippen LogP contribution in [0.3, 0.4) is 0 Å². The number of nitrogens with zero attached hydrogens (tertiary/aromatic N) is 2. The van der Waals surface area contributed by atoms with Gasteiger partial charge in [0.15, 0.2) is 5.96 Å². The number of benzene rings is 1. The molecule has 32 heavy (non-hydrogen) atoms. The molecular weight excluding hydrogens is 534 g/mol. The number of hydrogen-bond acceptors (Lipinski definition) is 3. The fraction of sp³-hybridized carbons (Fsp3) is 0.636. The summed E-state index contributed by atoms with van der Waals surface area (Å²) in [5.74, 6) is 0.638. The van der Waals surface area contributed by atoms with Crippen molar-refractivity contribution in [3.8, 4) is 0 Å². The van der Waals surface area contributed by atoms with Gasteiger partial charge < -0.3 is 16.0 Å². The first kappa shape index (κ1) is 28.5. The average molecular weight is 569 g/mol. The highest BCUT2D eigenvalue weighted by atomic mass is 127. The van der Waals surface area contributed by atoms with Crippen molar-refractivity contribution in [2.24, 2.45) is 10.4 Å². The Hall–Kier alpha value is -1.56. The lowest BCUT2D eigenvalue weighted by molar-refractivity contribution is -0.137. The molecular formula is C22H35F3IN5O. The Balaban J connectivity index is 0.00000512. The summed E-state index contributed by atoms with van der Waals surface area (Å²) in [6.07, 6.45) is -3.40. The summed E-state index contributed by atoms with van der Waals surface area (Å²) >= 11 is 0. The van der Waals surface area contributed by atoms with Gasteiger partial charge in [-0.1, -0.05) is 12.1 Å². The van der Waals surface area contributed by atoms with E-state index in [-0.39, 0.29) is 35.9 Å². The maximum absolute atomic E-state index is 12.7. The zero-order chi connectivity index (χ0) is 23.1. The van der Waals surface area contributed by atoms with E-state index in [4.69, 9.17) is 0 Å². The van der Waals surface area contributed by atoms with Crippen LogP contribution in [0.5, 0.6) is 0 Å². The first-order valence-electron chi connectivity index (χ1n) is 10.8. The molecule has 2 rings (SSSR count). The molecule has 0 bridgehead atoms. The molecule has 6 nitrogen and oxygen atoms in total. The van der Waals surface area contributed by atoms with Gasteiger partial charge in [0.1, 0.15) is 0 Å². The van der Waals surface area contributed by atoms with Gasteiger partial charge in [-0.15, -0.1) is 24.0 Å². The lowest BCUT2D eigenvalue weighted by Gasteiger charge is -2.23. The molecule has 0 aromatic heterocycles. The molecule has 1 aliphatic heterocycles. The van der Waals surface area contributed by atoms with E-state index >= 15 is 0 Å². The maximum atomic E-state index is 12.7. The summed E-state index contributed by atoms with van der Waals surface area (Å²) in [5.41, 5.74) is -0.375. The number of alkyl halides is 3. The number of rotatable bonds is 8. The molecule has 1 aromatic rings. The summed E-state index contributed by atoms with van der Waals surface area (Å²) in [7, 11) is 0. The summed E-state index contributed by atoms with van der Waals surface area (Å²) < 4.78 is 38.2. The zero-order valence-corrected chi connectivity index (χ0v) is 21.5. The number of carbonyl (C=O) groups is 1. The third-order valence-corrected chi connectivity index (χ3v) is 5.23. The normalized spacial score (nSPS) is 17.6. The Morgan fingerprint density at radius 1 is 1.12 bits per heavy atom. The number of likely N-dealkylation sites (tertiary alicyclic amines) is 1. The van der Waals surface area contributed by atoms with Crippen LogP contribution in [-0.4, -0.2) is 55.5 Å². The molecule has 1 aromatic carbocycles. The predicted octanol–water partition coefficient (Wildman–Crippen LogP) is 3.62. The first-order valence-corrected chi connectivity index (χ1v) is 10.8. The monoisotopic (exact) mass is 569 g/mol. The number of aliphatic imine (C=N–C) groups is 1. The maximum Gasteiger partial charge on any atom is 0.416 e. The average Bonchev–Trinajstić information content (AvgIpc) is 3.13. The van der Waals surface area contributed by atoms with Gasteiger partial charge in [0.2, 0.25) is 5.91 Å². The van der Waals surface area contributed by atoms with Crippen LogP contribution in [0.4, 0.5) is 13.2 Å². The second kappa shape index (κ2) is 12.6. The SMILES string of the molecule is CCNC(=O)C(C)(C)CN=C(NCC)NC1CCN(Cc2ccc(C(F)(F)F)cc2)C1.I. The fourth-order valence-electron chi connectivity index (χ4n) is 3.41. The number of nitrogens with one attached hydrogen (secondary N) is 3. The number of amides is 1. The van der Waals surface area contributed by atoms with Gasteiger partial charge in [0.05, 0.1) is 17.5 Å². The Kier molecular flexibility index (Phi) is 11.2. The topological polar surface area (TPSA) is 68.8 Å². The minimum Gasteiger partial charge on any atom is -0.357 e. The quantitative estimate of drug-likeness (QED) is 0.254. The first-order chi connectivity index (χ1) is 14.5. The van der Waals surface area contributed by atoms with E-state index in [1.165, 1.54) is 0 Å². The summed E-state index contributed by atoms with van der Waals surface area (Å²) in [5, 5.41) is 9.48. The van der Waals surface area contributed by atoms with Gasteiger partial charge in [0.25, 0.3) is 0 Å². The van der Waals surface area contributed by atoms with E-state index in [2.05, 4.69) is 25.8 Å². The molecule has 0 radical (unpaired) electrons. The van der Waals surface area contributed by atoms with Crippen molar-refractivity contribution in [1.29, 1.82) is 0 Å². The van der Waals surface area contributed by atoms with Crippen molar-refractivity contribution in [2.75, 3.05) is 32.7 Å². The van der Waals surface area contributed by atoms with Gasteiger partial charge in [-0.05, 0) is 51.8 Å². The third-order valence-electron chi connectivity index (χ3n) is 5.23. The smallest absolute Gasteiger partial charge is 0.357 e. The molecule has 1 atom stereocenters. The van der Waals surface area contributed by atoms with Crippen LogP contribution in [0.1, 0.15) is 45.2 Å². The number of guanidine groups is 1. The minimum absolute atomic E-state index is 0. The van der Waals surface area contributed by atoms with Crippen molar-refractivity contribution < 1.29 is 18.0 Å². The highest BCUT2D eigenvalue weighted by Gasteiger charge is 2.30. The van der Waals surface area contributed by atoms with E-state index in [1.807, 2.05) is 27.7 Å². The molecule has 3 N–H and O–H groups in total. The van der Waals surface area contributed by atoms with Crippen LogP contribution in [0.15, 0.2) is 29.3 Å². The van der Waals surface area contributed by atoms with E-state index in [1.54, 1.807) is 12.1 Å². The van der Waals surface area contributed by atoms with Crippen molar-refractivity contribution in [3.05, 3.63) is 35.4 Å². The van der Waals surface area contributed by atoms with Gasteiger partial charge in [-0.3, -0.25) is 14.7 Å². The summed E-state index contributed by atoms with van der Waals surface area (Å²) in [4.78, 5) is 19.0. The Bertz CT molecular complexity index is 753. The van der Waals surface area contributed by atoms with Gasteiger partial charge >= 0.3 is 6.18 Å². The predicted molar refractivity (Wildman–Crippen MR) is 132 cm³/mol. The third kappa shape index (κ3) is 8.76. The van der Waals surface area contributed by atoms with E-state index in [0.29, 0.717) is 32.1 Å². The number of hydrogen-bond donors (Lipinski definition) is 3. The molecule has 10 heteroatoms. The Morgan fingerprint density at radius 3 is 2.31 bits per heavy atom. The van der Waals surface area contributed by atoms with Gasteiger partial charge in [-0.2, -0.15) is 13.2 Å². The second-order valence-corrected chi connectivity index (χ2v) is 8.50. The lowest BCUT2D eigenvalue weighted by atomic mass is 9.92. The summed E-state index contributed by atoms with van der Waals surface area (Å²) in [6.45, 7) is 11.5. The Morgan fingerprint density at radius 2 is 1.75 bits per heavy atom. The van der Waals surface area contributed by atoms with Crippen LogP contribution < -0.4 is 16.0 Å². The molecule has 1 heterocycles. The minimum atomic E-state index is -4.31. The number of halogens is 4. The van der Waals surface area contributed by atoms with Crippen molar-refractivity contribution in [2.45, 2.75) is 52.9 Å².